The fourth-order valence-electron chi connectivity index (χ4n) is 2.46. The van der Waals surface area contributed by atoms with Gasteiger partial charge in [-0.25, -0.2) is 4.68 Å². The van der Waals surface area contributed by atoms with Crippen LogP contribution in [0.25, 0.3) is 5.69 Å². The van der Waals surface area contributed by atoms with Gasteiger partial charge in [0.05, 0.1) is 11.9 Å². The number of benzene rings is 1. The van der Waals surface area contributed by atoms with Gasteiger partial charge in [0.1, 0.15) is 0 Å². The Kier molecular flexibility index (Phi) is 8.13. The van der Waals surface area contributed by atoms with Crippen LogP contribution >= 0.6 is 24.0 Å². The van der Waals surface area contributed by atoms with Gasteiger partial charge in [0.15, 0.2) is 5.96 Å². The summed E-state index contributed by atoms with van der Waals surface area (Å²) in [5, 5.41) is 15.2. The number of halogens is 1. The smallest absolute Gasteiger partial charge is 0.191 e. The molecule has 1 aromatic carbocycles. The first-order chi connectivity index (χ1) is 12.3. The highest BCUT2D eigenvalue weighted by Gasteiger charge is 2.02. The van der Waals surface area contributed by atoms with Crippen LogP contribution in [0.4, 0.5) is 0 Å². The molecule has 7 nitrogen and oxygen atoms in total. The van der Waals surface area contributed by atoms with E-state index in [9.17, 15) is 0 Å². The van der Waals surface area contributed by atoms with Crippen molar-refractivity contribution in [2.24, 2.45) is 4.99 Å². The van der Waals surface area contributed by atoms with Crippen LogP contribution in [-0.2, 0) is 13.1 Å². The maximum absolute atomic E-state index is 4.40. The second-order valence-corrected chi connectivity index (χ2v) is 5.60. The van der Waals surface area contributed by atoms with E-state index in [1.165, 1.54) is 0 Å². The van der Waals surface area contributed by atoms with E-state index in [0.29, 0.717) is 6.54 Å². The summed E-state index contributed by atoms with van der Waals surface area (Å²) < 4.78 is 3.80. The van der Waals surface area contributed by atoms with Gasteiger partial charge in [-0.05, 0) is 24.6 Å². The van der Waals surface area contributed by atoms with Crippen molar-refractivity contribution >= 4 is 29.9 Å². The monoisotopic (exact) mass is 465 g/mol. The van der Waals surface area contributed by atoms with Crippen LogP contribution in [0, 0.1) is 0 Å². The fraction of sp³-hybridized carbons (Fsp3) is 0.278. The molecule has 0 aliphatic rings. The molecule has 0 radical (unpaired) electrons. The Bertz CT molecular complexity index is 781. The van der Waals surface area contributed by atoms with Crippen molar-refractivity contribution in [3.8, 4) is 5.69 Å². The van der Waals surface area contributed by atoms with Crippen LogP contribution in [0.1, 0.15) is 12.0 Å². The summed E-state index contributed by atoms with van der Waals surface area (Å²) in [5.74, 6) is 0.785. The van der Waals surface area contributed by atoms with E-state index in [-0.39, 0.29) is 24.0 Å². The van der Waals surface area contributed by atoms with Crippen molar-refractivity contribution in [3.63, 3.8) is 0 Å². The first-order valence-corrected chi connectivity index (χ1v) is 8.36. The molecule has 0 saturated heterocycles. The maximum Gasteiger partial charge on any atom is 0.191 e. The largest absolute Gasteiger partial charge is 0.356 e. The quantitative estimate of drug-likeness (QED) is 0.244. The predicted molar refractivity (Wildman–Crippen MR) is 114 cm³/mol. The van der Waals surface area contributed by atoms with Crippen LogP contribution in [0.5, 0.6) is 0 Å². The van der Waals surface area contributed by atoms with Gasteiger partial charge in [0, 0.05) is 50.8 Å². The second kappa shape index (κ2) is 10.6. The Hall–Kier alpha value is -2.36. The van der Waals surface area contributed by atoms with Crippen molar-refractivity contribution in [2.45, 2.75) is 19.5 Å². The van der Waals surface area contributed by atoms with Gasteiger partial charge in [0.25, 0.3) is 0 Å². The molecule has 0 amide bonds. The molecular weight excluding hydrogens is 441 g/mol. The van der Waals surface area contributed by atoms with Crippen molar-refractivity contribution in [3.05, 3.63) is 66.7 Å². The molecule has 2 N–H and O–H groups in total. The summed E-state index contributed by atoms with van der Waals surface area (Å²) >= 11 is 0. The lowest BCUT2D eigenvalue weighted by atomic mass is 10.3. The number of aromatic nitrogens is 4. The molecule has 0 spiro atoms. The lowest BCUT2D eigenvalue weighted by Gasteiger charge is -2.11. The Morgan fingerprint density at radius 2 is 1.96 bits per heavy atom. The standard InChI is InChI=1S/C18H23N7.HI/c1-19-18(20-9-5-11-24-12-6-10-22-24)21-13-16-14-23-25(15-16)17-7-3-2-4-8-17;/h2-4,6-8,10,12,14-15H,5,9,11,13H2,1H3,(H2,19,20,21);1H. The molecule has 0 unspecified atom stereocenters. The second-order valence-electron chi connectivity index (χ2n) is 5.60. The topological polar surface area (TPSA) is 72.1 Å². The van der Waals surface area contributed by atoms with Gasteiger partial charge in [0.2, 0.25) is 0 Å². The van der Waals surface area contributed by atoms with Crippen LogP contribution in [-0.4, -0.2) is 39.1 Å². The van der Waals surface area contributed by atoms with Gasteiger partial charge < -0.3 is 10.6 Å². The third kappa shape index (κ3) is 5.87. The molecule has 8 heteroatoms. The molecule has 2 aromatic heterocycles. The minimum absolute atomic E-state index is 0. The Balaban J connectivity index is 0.00000243. The summed E-state index contributed by atoms with van der Waals surface area (Å²) in [6.07, 6.45) is 8.63. The van der Waals surface area contributed by atoms with Crippen molar-refractivity contribution in [1.29, 1.82) is 0 Å². The number of aryl methyl sites for hydroxylation is 1. The number of nitrogens with one attached hydrogen (secondary N) is 2. The van der Waals surface area contributed by atoms with E-state index in [1.807, 2.05) is 64.4 Å². The number of hydrogen-bond acceptors (Lipinski definition) is 3. The number of para-hydroxylation sites is 1. The lowest BCUT2D eigenvalue weighted by molar-refractivity contribution is 0.570. The summed E-state index contributed by atoms with van der Waals surface area (Å²) in [5.41, 5.74) is 2.15. The first-order valence-electron chi connectivity index (χ1n) is 8.36. The van der Waals surface area contributed by atoms with Crippen LogP contribution < -0.4 is 10.6 Å². The van der Waals surface area contributed by atoms with E-state index in [0.717, 1.165) is 36.7 Å². The zero-order chi connectivity index (χ0) is 17.3. The Morgan fingerprint density at radius 3 is 2.69 bits per heavy atom. The van der Waals surface area contributed by atoms with Crippen LogP contribution in [0.15, 0.2) is 66.2 Å². The molecule has 0 saturated carbocycles. The molecule has 3 aromatic rings. The van der Waals surface area contributed by atoms with Crippen LogP contribution in [0.3, 0.4) is 0 Å². The van der Waals surface area contributed by atoms with Crippen molar-refractivity contribution < 1.29 is 0 Å². The minimum Gasteiger partial charge on any atom is -0.356 e. The molecule has 0 aliphatic carbocycles. The first kappa shape index (κ1) is 20.0. The highest BCUT2D eigenvalue weighted by atomic mass is 127. The summed E-state index contributed by atoms with van der Waals surface area (Å²) in [6.45, 7) is 2.40. The normalized spacial score (nSPS) is 11.0. The number of hydrogen-bond donors (Lipinski definition) is 2. The van der Waals surface area contributed by atoms with E-state index in [2.05, 4.69) is 25.8 Å². The van der Waals surface area contributed by atoms with E-state index < -0.39 is 0 Å². The highest BCUT2D eigenvalue weighted by molar-refractivity contribution is 14.0. The molecule has 0 bridgehead atoms. The molecule has 0 aliphatic heterocycles. The van der Waals surface area contributed by atoms with Gasteiger partial charge in [-0.1, -0.05) is 18.2 Å². The zero-order valence-electron chi connectivity index (χ0n) is 14.7. The molecule has 26 heavy (non-hydrogen) atoms. The predicted octanol–water partition coefficient (Wildman–Crippen LogP) is 2.44. The van der Waals surface area contributed by atoms with Gasteiger partial charge in [-0.15, -0.1) is 24.0 Å². The summed E-state index contributed by atoms with van der Waals surface area (Å²) in [6, 6.07) is 12.0. The SMILES string of the molecule is CN=C(NCCCn1cccn1)NCc1cnn(-c2ccccc2)c1.I. The third-order valence-corrected chi connectivity index (χ3v) is 3.76. The number of aliphatic imine (C=N–C) groups is 1. The average molecular weight is 465 g/mol. The Morgan fingerprint density at radius 1 is 1.12 bits per heavy atom. The average Bonchev–Trinajstić information content (AvgIpc) is 3.34. The molecule has 3 rings (SSSR count). The van der Waals surface area contributed by atoms with E-state index in [1.54, 1.807) is 13.2 Å². The summed E-state index contributed by atoms with van der Waals surface area (Å²) in [7, 11) is 1.77. The number of guanidine groups is 1. The molecule has 0 fully saturated rings. The van der Waals surface area contributed by atoms with E-state index in [4.69, 9.17) is 0 Å². The van der Waals surface area contributed by atoms with Crippen molar-refractivity contribution in [2.75, 3.05) is 13.6 Å². The highest BCUT2D eigenvalue weighted by Crippen LogP contribution is 2.07. The minimum atomic E-state index is 0. The van der Waals surface area contributed by atoms with E-state index >= 15 is 0 Å². The number of rotatable bonds is 7. The molecule has 138 valence electrons. The van der Waals surface area contributed by atoms with Gasteiger partial charge in [-0.2, -0.15) is 10.2 Å². The van der Waals surface area contributed by atoms with Crippen LogP contribution in [0.2, 0.25) is 0 Å². The number of nitrogens with zero attached hydrogens (tertiary/aromatic N) is 5. The lowest BCUT2D eigenvalue weighted by Crippen LogP contribution is -2.37. The molecule has 2 heterocycles. The Labute approximate surface area is 170 Å². The zero-order valence-corrected chi connectivity index (χ0v) is 17.1. The third-order valence-electron chi connectivity index (χ3n) is 3.76. The molecule has 0 atom stereocenters. The van der Waals surface area contributed by atoms with Gasteiger partial charge in [-0.3, -0.25) is 9.67 Å². The van der Waals surface area contributed by atoms with Gasteiger partial charge >= 0.3 is 0 Å². The maximum atomic E-state index is 4.40. The van der Waals surface area contributed by atoms with Crippen molar-refractivity contribution in [1.82, 2.24) is 30.2 Å². The summed E-state index contributed by atoms with van der Waals surface area (Å²) in [4.78, 5) is 4.25. The molecular formula is C18H24IN7. The fourth-order valence-corrected chi connectivity index (χ4v) is 2.46.